The number of thioether (sulfide) groups is 1. The van der Waals surface area contributed by atoms with Gasteiger partial charge in [0.25, 0.3) is 5.08 Å². The number of nitrogens with zero attached hydrogens (tertiary/aromatic N) is 1. The summed E-state index contributed by atoms with van der Waals surface area (Å²) in [4.78, 5) is 39.7. The Morgan fingerprint density at radius 1 is 1.11 bits per heavy atom. The fraction of sp³-hybridized carbons (Fsp3) is 0.286. The zero-order valence-electron chi connectivity index (χ0n) is 9.82. The summed E-state index contributed by atoms with van der Waals surface area (Å²) >= 11 is 0.707. The van der Waals surface area contributed by atoms with Gasteiger partial charge < -0.3 is 24.7 Å². The summed E-state index contributed by atoms with van der Waals surface area (Å²) in [7, 11) is -10.8. The number of aromatic nitrogens is 1. The fourth-order valence-corrected chi connectivity index (χ4v) is 4.72. The molecule has 0 aromatic carbocycles. The molecule has 0 aliphatic rings. The van der Waals surface area contributed by atoms with E-state index in [-0.39, 0.29) is 29.6 Å². The molecule has 0 amide bonds. The van der Waals surface area contributed by atoms with E-state index in [0.717, 1.165) is 0 Å². The molecule has 102 valence electrons. The molecule has 1 rings (SSSR count). The normalized spacial score (nSPS) is 12.9. The summed E-state index contributed by atoms with van der Waals surface area (Å²) in [5, 5.41) is 6.19. The van der Waals surface area contributed by atoms with E-state index in [0.29, 0.717) is 16.7 Å². The second-order valence-electron chi connectivity index (χ2n) is 3.33. The summed E-state index contributed by atoms with van der Waals surface area (Å²) in [5.41, 5.74) is 0. The Balaban J connectivity index is 0.00000324. The molecule has 8 nitrogen and oxygen atoms in total. The molecule has 0 bridgehead atoms. The van der Waals surface area contributed by atoms with Crippen LogP contribution in [0.2, 0.25) is 0 Å². The van der Waals surface area contributed by atoms with E-state index in [1.165, 1.54) is 24.5 Å². The van der Waals surface area contributed by atoms with Crippen LogP contribution in [0.1, 0.15) is 0 Å². The maximum absolute atomic E-state index is 11.0. The third-order valence-corrected chi connectivity index (χ3v) is 7.36. The number of rotatable bonds is 5. The Hall–Kier alpha value is 0.760. The van der Waals surface area contributed by atoms with E-state index in [9.17, 15) is 14.2 Å². The van der Waals surface area contributed by atoms with Crippen LogP contribution in [0.3, 0.4) is 0 Å². The van der Waals surface area contributed by atoms with Crippen molar-refractivity contribution >= 4 is 27.0 Å². The molecule has 5 N–H and O–H groups in total. The van der Waals surface area contributed by atoms with Crippen molar-refractivity contribution in [3.63, 3.8) is 0 Å². The van der Waals surface area contributed by atoms with Gasteiger partial charge in [0.15, 0.2) is 0 Å². The van der Waals surface area contributed by atoms with Gasteiger partial charge in [-0.1, -0.05) is 0 Å². The van der Waals surface area contributed by atoms with E-state index >= 15 is 0 Å². The number of hydrogen-bond acceptors (Lipinski definition) is 5. The molecule has 0 aliphatic carbocycles. The van der Waals surface area contributed by atoms with Gasteiger partial charge in [0.05, 0.1) is 5.75 Å². The minimum Gasteiger partial charge on any atom is -0.367 e. The van der Waals surface area contributed by atoms with Gasteiger partial charge in [-0.2, -0.15) is 0 Å². The van der Waals surface area contributed by atoms with E-state index in [2.05, 4.69) is 4.98 Å². The second kappa shape index (κ2) is 7.15. The van der Waals surface area contributed by atoms with E-state index < -0.39 is 26.0 Å². The Kier molecular flexibility index (Phi) is 7.44. The van der Waals surface area contributed by atoms with Crippen molar-refractivity contribution in [1.29, 1.82) is 0 Å². The van der Waals surface area contributed by atoms with Crippen LogP contribution in [-0.2, 0) is 9.13 Å². The van der Waals surface area contributed by atoms with Crippen molar-refractivity contribution in [1.82, 2.24) is 4.98 Å². The molecule has 19 heavy (non-hydrogen) atoms. The minimum atomic E-state index is -5.39. The van der Waals surface area contributed by atoms with Crippen molar-refractivity contribution in [2.75, 3.05) is 5.75 Å². The van der Waals surface area contributed by atoms with Crippen LogP contribution < -0.4 is 29.6 Å². The van der Waals surface area contributed by atoms with Gasteiger partial charge in [-0.25, -0.2) is 0 Å². The second-order valence-corrected chi connectivity index (χ2v) is 8.39. The molecule has 0 saturated heterocycles. The van der Waals surface area contributed by atoms with E-state index in [1.807, 2.05) is 0 Å². The summed E-state index contributed by atoms with van der Waals surface area (Å²) in [6.45, 7) is 0. The average molecular weight is 338 g/mol. The molecule has 0 spiro atoms. The number of hydrogen-bond donors (Lipinski definition) is 5. The predicted molar refractivity (Wildman–Crippen MR) is 64.0 cm³/mol. The molecule has 0 atom stereocenters. The quantitative estimate of drug-likeness (QED) is 0.218. The van der Waals surface area contributed by atoms with E-state index in [4.69, 9.17) is 19.6 Å². The minimum absolute atomic E-state index is 0. The van der Waals surface area contributed by atoms with Crippen LogP contribution in [0.4, 0.5) is 0 Å². The first-order valence-corrected chi connectivity index (χ1v) is 8.65. The predicted octanol–water partition coefficient (Wildman–Crippen LogP) is -2.82. The maximum Gasteiger partial charge on any atom is 1.00 e. The third kappa shape index (κ3) is 4.91. The number of aliphatic hydroxyl groups is 1. The van der Waals surface area contributed by atoms with Gasteiger partial charge in [-0.3, -0.25) is 14.1 Å². The Morgan fingerprint density at radius 2 is 1.53 bits per heavy atom. The van der Waals surface area contributed by atoms with Crippen molar-refractivity contribution in [3.8, 4) is 0 Å². The van der Waals surface area contributed by atoms with E-state index in [1.54, 1.807) is 0 Å². The van der Waals surface area contributed by atoms with Gasteiger partial charge in [-0.05, 0) is 12.1 Å². The maximum atomic E-state index is 11.0. The zero-order chi connectivity index (χ0) is 14.0. The molecule has 0 saturated carbocycles. The van der Waals surface area contributed by atoms with Gasteiger partial charge in [-0.15, -0.1) is 11.8 Å². The molecule has 0 fully saturated rings. The molecule has 1 aromatic heterocycles. The molecule has 1 heterocycles. The van der Waals surface area contributed by atoms with Crippen molar-refractivity contribution in [2.45, 2.75) is 9.98 Å². The van der Waals surface area contributed by atoms with Gasteiger partial charge in [0.1, 0.15) is 0 Å². The van der Waals surface area contributed by atoms with Crippen molar-refractivity contribution in [3.05, 3.63) is 24.5 Å². The van der Waals surface area contributed by atoms with Gasteiger partial charge in [0, 0.05) is 17.3 Å². The van der Waals surface area contributed by atoms with Gasteiger partial charge >= 0.3 is 44.7 Å². The molecule has 1 aromatic rings. The van der Waals surface area contributed by atoms with Crippen LogP contribution >= 0.6 is 27.0 Å². The summed E-state index contributed by atoms with van der Waals surface area (Å²) in [5.74, 6) is -0.842. The first kappa shape index (κ1) is 19.8. The van der Waals surface area contributed by atoms with Crippen LogP contribution in [0.5, 0.6) is 0 Å². The van der Waals surface area contributed by atoms with Crippen molar-refractivity contribution < 1.29 is 63.4 Å². The summed E-state index contributed by atoms with van der Waals surface area (Å²) in [6, 6.07) is 2.95. The molecular weight excluding hydrogens is 327 g/mol. The van der Waals surface area contributed by atoms with Gasteiger partial charge in [0.2, 0.25) is 0 Å². The molecule has 12 heteroatoms. The summed E-state index contributed by atoms with van der Waals surface area (Å²) in [6.07, 6.45) is 2.80. The third-order valence-electron chi connectivity index (χ3n) is 2.02. The Labute approximate surface area is 135 Å². The van der Waals surface area contributed by atoms with Crippen LogP contribution in [0, 0.1) is 0 Å². The average Bonchev–Trinajstić information content (AvgIpc) is 2.24. The van der Waals surface area contributed by atoms with Crippen molar-refractivity contribution in [2.24, 2.45) is 0 Å². The first-order chi connectivity index (χ1) is 8.08. The molecular formula is C7H11NNaO7P2S+. The first-order valence-electron chi connectivity index (χ1n) is 4.44. The topological polar surface area (TPSA) is 148 Å². The van der Waals surface area contributed by atoms with Crippen LogP contribution in [0.15, 0.2) is 29.4 Å². The number of pyridine rings is 1. The largest absolute Gasteiger partial charge is 1.00 e. The Bertz CT molecular complexity index is 481. The summed E-state index contributed by atoms with van der Waals surface area (Å²) < 4.78 is 22.1. The smallest absolute Gasteiger partial charge is 0.367 e. The SMILES string of the molecule is O=P(O)(O)C(O)(CSc1ccncc1)P(=O)(O)O.[Na+]. The Morgan fingerprint density at radius 3 is 1.89 bits per heavy atom. The fourth-order valence-electron chi connectivity index (χ4n) is 0.952. The molecule has 0 aliphatic heterocycles. The zero-order valence-corrected chi connectivity index (χ0v) is 14.4. The van der Waals surface area contributed by atoms with Crippen LogP contribution in [0.25, 0.3) is 0 Å². The van der Waals surface area contributed by atoms with Crippen LogP contribution in [-0.4, -0.2) is 40.5 Å². The standard InChI is InChI=1S/C7H11NO7P2S.Na/c9-7(16(10,11)12,17(13,14)15)5-18-6-1-3-8-4-2-6;/h1-4,9H,5H2,(H2,10,11,12)(H2,13,14,15);/q;+1. The monoisotopic (exact) mass is 338 g/mol. The molecule has 0 radical (unpaired) electrons. The molecule has 0 unspecified atom stereocenters.